The minimum Gasteiger partial charge on any atom is -0.316 e. The van der Waals surface area contributed by atoms with Gasteiger partial charge in [-0.2, -0.15) is 5.10 Å². The number of aryl methyl sites for hydroxylation is 1. The second-order valence-electron chi connectivity index (χ2n) is 4.50. The van der Waals surface area contributed by atoms with E-state index >= 15 is 0 Å². The molecule has 4 nitrogen and oxygen atoms in total. The van der Waals surface area contributed by atoms with Gasteiger partial charge in [-0.3, -0.25) is 9.48 Å². The van der Waals surface area contributed by atoms with Crippen LogP contribution in [0.4, 0.5) is 0 Å². The van der Waals surface area contributed by atoms with E-state index in [1.165, 1.54) is 6.42 Å². The van der Waals surface area contributed by atoms with Crippen molar-refractivity contribution in [3.63, 3.8) is 0 Å². The lowest BCUT2D eigenvalue weighted by Gasteiger charge is -2.22. The lowest BCUT2D eigenvalue weighted by atomic mass is 9.93. The Balaban J connectivity index is 2.05. The first-order valence-electron chi connectivity index (χ1n) is 6.17. The molecule has 5 heteroatoms. The standard InChI is InChI=1S/C12H18BrN3O/c1-2-16-12(10(13)8-15-16)11(17)6-9-4-3-5-14-7-9/h8-9,14H,2-7H2,1H3. The van der Waals surface area contributed by atoms with Crippen molar-refractivity contribution >= 4 is 21.7 Å². The van der Waals surface area contributed by atoms with E-state index in [0.29, 0.717) is 12.3 Å². The summed E-state index contributed by atoms with van der Waals surface area (Å²) in [7, 11) is 0. The van der Waals surface area contributed by atoms with Crippen LogP contribution in [0.3, 0.4) is 0 Å². The van der Waals surface area contributed by atoms with Gasteiger partial charge in [-0.15, -0.1) is 0 Å². The van der Waals surface area contributed by atoms with Crippen molar-refractivity contribution in [3.05, 3.63) is 16.4 Å². The zero-order valence-electron chi connectivity index (χ0n) is 10.1. The Morgan fingerprint density at radius 3 is 3.18 bits per heavy atom. The number of Topliss-reactive ketones (excluding diaryl/α,β-unsaturated/α-hetero) is 1. The van der Waals surface area contributed by atoms with E-state index in [0.717, 1.165) is 36.2 Å². The van der Waals surface area contributed by atoms with Crippen molar-refractivity contribution in [3.8, 4) is 0 Å². The molecule has 0 spiro atoms. The van der Waals surface area contributed by atoms with Crippen LogP contribution in [-0.4, -0.2) is 28.7 Å². The van der Waals surface area contributed by atoms with E-state index in [2.05, 4.69) is 26.3 Å². The number of aromatic nitrogens is 2. The highest BCUT2D eigenvalue weighted by atomic mass is 79.9. The van der Waals surface area contributed by atoms with Crippen molar-refractivity contribution in [1.82, 2.24) is 15.1 Å². The number of ketones is 1. The third-order valence-electron chi connectivity index (χ3n) is 3.23. The molecule has 2 rings (SSSR count). The van der Waals surface area contributed by atoms with Gasteiger partial charge in [-0.05, 0) is 54.7 Å². The molecule has 0 amide bonds. The van der Waals surface area contributed by atoms with Crippen molar-refractivity contribution in [2.75, 3.05) is 13.1 Å². The molecule has 1 fully saturated rings. The summed E-state index contributed by atoms with van der Waals surface area (Å²) in [5, 5.41) is 7.52. The normalized spacial score (nSPS) is 20.5. The summed E-state index contributed by atoms with van der Waals surface area (Å²) in [6, 6.07) is 0. The SMILES string of the molecule is CCn1ncc(Br)c1C(=O)CC1CCCNC1. The van der Waals surface area contributed by atoms with Crippen LogP contribution >= 0.6 is 15.9 Å². The Hall–Kier alpha value is -0.680. The monoisotopic (exact) mass is 299 g/mol. The number of hydrogen-bond donors (Lipinski definition) is 1. The van der Waals surface area contributed by atoms with Crippen molar-refractivity contribution in [1.29, 1.82) is 0 Å². The third kappa shape index (κ3) is 2.96. The number of nitrogens with zero attached hydrogens (tertiary/aromatic N) is 2. The molecule has 1 aromatic rings. The maximum atomic E-state index is 12.3. The van der Waals surface area contributed by atoms with Crippen LogP contribution in [-0.2, 0) is 6.54 Å². The van der Waals surface area contributed by atoms with Crippen LogP contribution < -0.4 is 5.32 Å². The third-order valence-corrected chi connectivity index (χ3v) is 3.81. The summed E-state index contributed by atoms with van der Waals surface area (Å²) in [5.74, 6) is 0.674. The molecule has 17 heavy (non-hydrogen) atoms. The molecule has 0 bridgehead atoms. The molecule has 1 aliphatic heterocycles. The van der Waals surface area contributed by atoms with Crippen LogP contribution in [0, 0.1) is 5.92 Å². The Morgan fingerprint density at radius 2 is 2.53 bits per heavy atom. The Bertz CT molecular complexity index is 396. The smallest absolute Gasteiger partial charge is 0.182 e. The fourth-order valence-electron chi connectivity index (χ4n) is 2.34. The number of carbonyl (C=O) groups excluding carboxylic acids is 1. The summed E-state index contributed by atoms with van der Waals surface area (Å²) in [6.07, 6.45) is 4.65. The fourth-order valence-corrected chi connectivity index (χ4v) is 2.85. The number of nitrogens with one attached hydrogen (secondary N) is 1. The highest BCUT2D eigenvalue weighted by Crippen LogP contribution is 2.22. The molecule has 1 N–H and O–H groups in total. The van der Waals surface area contributed by atoms with E-state index in [1.807, 2.05) is 6.92 Å². The van der Waals surface area contributed by atoms with Crippen molar-refractivity contribution < 1.29 is 4.79 Å². The minimum absolute atomic E-state index is 0.199. The number of rotatable bonds is 4. The Labute approximate surface area is 110 Å². The lowest BCUT2D eigenvalue weighted by molar-refractivity contribution is 0.0942. The second kappa shape index (κ2) is 5.78. The van der Waals surface area contributed by atoms with Crippen LogP contribution in [0.2, 0.25) is 0 Å². The number of hydrogen-bond acceptors (Lipinski definition) is 3. The molecule has 1 aromatic heterocycles. The zero-order valence-corrected chi connectivity index (χ0v) is 11.7. The lowest BCUT2D eigenvalue weighted by Crippen LogP contribution is -2.31. The predicted octanol–water partition coefficient (Wildman–Crippen LogP) is 2.24. The van der Waals surface area contributed by atoms with E-state index in [4.69, 9.17) is 0 Å². The summed E-state index contributed by atoms with van der Waals surface area (Å²) >= 11 is 3.40. The van der Waals surface area contributed by atoms with Gasteiger partial charge in [-0.1, -0.05) is 0 Å². The van der Waals surface area contributed by atoms with Gasteiger partial charge in [0.15, 0.2) is 5.78 Å². The van der Waals surface area contributed by atoms with E-state index in [9.17, 15) is 4.79 Å². The fraction of sp³-hybridized carbons (Fsp3) is 0.667. The molecule has 1 saturated heterocycles. The first-order chi connectivity index (χ1) is 8.22. The van der Waals surface area contributed by atoms with E-state index in [-0.39, 0.29) is 5.78 Å². The first kappa shape index (κ1) is 12.8. The highest BCUT2D eigenvalue weighted by molar-refractivity contribution is 9.10. The van der Waals surface area contributed by atoms with Crippen molar-refractivity contribution in [2.24, 2.45) is 5.92 Å². The summed E-state index contributed by atoms with van der Waals surface area (Å²) in [5.41, 5.74) is 0.720. The van der Waals surface area contributed by atoms with Gasteiger partial charge in [-0.25, -0.2) is 0 Å². The molecule has 1 unspecified atom stereocenters. The number of piperidine rings is 1. The summed E-state index contributed by atoms with van der Waals surface area (Å²) < 4.78 is 2.58. The summed E-state index contributed by atoms with van der Waals surface area (Å²) in [4.78, 5) is 12.3. The van der Waals surface area contributed by atoms with Gasteiger partial charge in [0.2, 0.25) is 0 Å². The molecular weight excluding hydrogens is 282 g/mol. The second-order valence-corrected chi connectivity index (χ2v) is 5.35. The van der Waals surface area contributed by atoms with Crippen LogP contribution in [0.5, 0.6) is 0 Å². The topological polar surface area (TPSA) is 46.9 Å². The largest absolute Gasteiger partial charge is 0.316 e. The molecule has 1 aliphatic rings. The average molecular weight is 300 g/mol. The molecule has 0 saturated carbocycles. The van der Waals surface area contributed by atoms with Gasteiger partial charge in [0.25, 0.3) is 0 Å². The Kier molecular flexibility index (Phi) is 4.34. The van der Waals surface area contributed by atoms with Crippen LogP contribution in [0.1, 0.15) is 36.7 Å². The highest BCUT2D eigenvalue weighted by Gasteiger charge is 2.22. The van der Waals surface area contributed by atoms with Gasteiger partial charge >= 0.3 is 0 Å². The van der Waals surface area contributed by atoms with E-state index in [1.54, 1.807) is 10.9 Å². The maximum Gasteiger partial charge on any atom is 0.182 e. The number of halogens is 1. The first-order valence-corrected chi connectivity index (χ1v) is 6.97. The maximum absolute atomic E-state index is 12.3. The molecule has 1 atom stereocenters. The molecule has 94 valence electrons. The van der Waals surface area contributed by atoms with Gasteiger partial charge in [0.1, 0.15) is 5.69 Å². The average Bonchev–Trinajstić information content (AvgIpc) is 2.71. The summed E-state index contributed by atoms with van der Waals surface area (Å²) in [6.45, 7) is 4.78. The quantitative estimate of drug-likeness (QED) is 0.868. The minimum atomic E-state index is 0.199. The van der Waals surface area contributed by atoms with Crippen LogP contribution in [0.15, 0.2) is 10.7 Å². The molecule has 2 heterocycles. The molecule has 0 aromatic carbocycles. The molecule has 0 aliphatic carbocycles. The Morgan fingerprint density at radius 1 is 1.71 bits per heavy atom. The van der Waals surface area contributed by atoms with Gasteiger partial charge in [0.05, 0.1) is 10.7 Å². The van der Waals surface area contributed by atoms with Gasteiger partial charge in [0, 0.05) is 13.0 Å². The zero-order chi connectivity index (χ0) is 12.3. The number of carbonyl (C=O) groups is 1. The predicted molar refractivity (Wildman–Crippen MR) is 70.1 cm³/mol. The van der Waals surface area contributed by atoms with Crippen molar-refractivity contribution in [2.45, 2.75) is 32.7 Å². The molecule has 0 radical (unpaired) electrons. The van der Waals surface area contributed by atoms with Crippen LogP contribution in [0.25, 0.3) is 0 Å². The molecular formula is C12H18BrN3O. The van der Waals surface area contributed by atoms with E-state index < -0.39 is 0 Å². The van der Waals surface area contributed by atoms with Gasteiger partial charge < -0.3 is 5.32 Å².